The van der Waals surface area contributed by atoms with E-state index in [1.807, 2.05) is 19.1 Å². The van der Waals surface area contributed by atoms with Gasteiger partial charge < -0.3 is 4.90 Å². The van der Waals surface area contributed by atoms with Crippen LogP contribution in [0.4, 0.5) is 10.1 Å². The lowest BCUT2D eigenvalue weighted by Gasteiger charge is -2.17. The average molecular weight is 412 g/mol. The zero-order valence-corrected chi connectivity index (χ0v) is 16.9. The number of hydrogen-bond acceptors (Lipinski definition) is 3. The highest BCUT2D eigenvalue weighted by atomic mass is 32.2. The molecule has 29 heavy (non-hydrogen) atoms. The van der Waals surface area contributed by atoms with Crippen LogP contribution in [0.2, 0.25) is 0 Å². The number of aryl methyl sites for hydroxylation is 1. The summed E-state index contributed by atoms with van der Waals surface area (Å²) in [7, 11) is -2.12. The largest absolute Gasteiger partial charge is 0.337 e. The van der Waals surface area contributed by atoms with E-state index in [1.54, 1.807) is 31.3 Å². The summed E-state index contributed by atoms with van der Waals surface area (Å²) in [6, 6.07) is 18.7. The van der Waals surface area contributed by atoms with Crippen molar-refractivity contribution in [3.05, 3.63) is 95.3 Å². The van der Waals surface area contributed by atoms with Crippen molar-refractivity contribution in [2.24, 2.45) is 0 Å². The van der Waals surface area contributed by atoms with Crippen LogP contribution >= 0.6 is 0 Å². The summed E-state index contributed by atoms with van der Waals surface area (Å²) in [5.41, 5.74) is 2.66. The molecule has 0 heterocycles. The third-order valence-electron chi connectivity index (χ3n) is 4.40. The number of amides is 1. The van der Waals surface area contributed by atoms with Gasteiger partial charge in [0.05, 0.1) is 4.90 Å². The van der Waals surface area contributed by atoms with Crippen molar-refractivity contribution in [3.8, 4) is 0 Å². The van der Waals surface area contributed by atoms with Gasteiger partial charge in [0, 0.05) is 24.8 Å². The number of anilines is 1. The summed E-state index contributed by atoms with van der Waals surface area (Å²) in [6.07, 6.45) is 0. The van der Waals surface area contributed by atoms with E-state index in [-0.39, 0.29) is 16.6 Å². The summed E-state index contributed by atoms with van der Waals surface area (Å²) in [5.74, 6) is -0.594. The van der Waals surface area contributed by atoms with Gasteiger partial charge in [0.1, 0.15) is 5.82 Å². The van der Waals surface area contributed by atoms with E-state index >= 15 is 0 Å². The SMILES string of the molecule is Cc1ccc(NS(=O)(=O)c2ccc(C(=O)N(C)Cc3ccc(F)cc3)cc2)cc1. The molecule has 0 spiro atoms. The Balaban J connectivity index is 1.70. The minimum absolute atomic E-state index is 0.0656. The first kappa shape index (κ1) is 20.5. The molecule has 0 aliphatic heterocycles. The molecule has 3 rings (SSSR count). The van der Waals surface area contributed by atoms with Crippen LogP contribution in [0.25, 0.3) is 0 Å². The first-order valence-electron chi connectivity index (χ1n) is 8.94. The molecule has 0 aliphatic rings. The Morgan fingerprint density at radius 1 is 0.931 bits per heavy atom. The number of rotatable bonds is 6. The van der Waals surface area contributed by atoms with Gasteiger partial charge in [0.25, 0.3) is 15.9 Å². The maximum Gasteiger partial charge on any atom is 0.261 e. The number of carbonyl (C=O) groups is 1. The van der Waals surface area contributed by atoms with Gasteiger partial charge in [-0.05, 0) is 61.0 Å². The minimum Gasteiger partial charge on any atom is -0.337 e. The van der Waals surface area contributed by atoms with Crippen molar-refractivity contribution in [2.75, 3.05) is 11.8 Å². The molecule has 7 heteroatoms. The Bertz CT molecular complexity index is 1090. The average Bonchev–Trinajstić information content (AvgIpc) is 2.71. The van der Waals surface area contributed by atoms with Crippen LogP contribution in [0.5, 0.6) is 0 Å². The predicted molar refractivity (Wildman–Crippen MR) is 111 cm³/mol. The topological polar surface area (TPSA) is 66.5 Å². The number of nitrogens with one attached hydrogen (secondary N) is 1. The lowest BCUT2D eigenvalue weighted by molar-refractivity contribution is 0.0785. The molecule has 0 saturated heterocycles. The maximum atomic E-state index is 13.0. The van der Waals surface area contributed by atoms with Gasteiger partial charge in [-0.2, -0.15) is 0 Å². The fourth-order valence-electron chi connectivity index (χ4n) is 2.77. The molecule has 3 aromatic carbocycles. The third kappa shape index (κ3) is 5.20. The molecular formula is C22H21FN2O3S. The zero-order valence-electron chi connectivity index (χ0n) is 16.1. The van der Waals surface area contributed by atoms with Gasteiger partial charge in [-0.25, -0.2) is 12.8 Å². The van der Waals surface area contributed by atoms with Crippen LogP contribution in [0.1, 0.15) is 21.5 Å². The summed E-state index contributed by atoms with van der Waals surface area (Å²) < 4.78 is 40.6. The van der Waals surface area contributed by atoms with Crippen LogP contribution < -0.4 is 4.72 Å². The lowest BCUT2D eigenvalue weighted by atomic mass is 10.1. The molecule has 0 bridgehead atoms. The monoisotopic (exact) mass is 412 g/mol. The van der Waals surface area contributed by atoms with Crippen LogP contribution in [0, 0.1) is 12.7 Å². The van der Waals surface area contributed by atoms with Gasteiger partial charge in [0.2, 0.25) is 0 Å². The smallest absolute Gasteiger partial charge is 0.261 e. The molecule has 0 aromatic heterocycles. The highest BCUT2D eigenvalue weighted by molar-refractivity contribution is 7.92. The molecule has 0 atom stereocenters. The molecule has 0 radical (unpaired) electrons. The summed E-state index contributed by atoms with van der Waals surface area (Å²) >= 11 is 0. The highest BCUT2D eigenvalue weighted by Crippen LogP contribution is 2.18. The van der Waals surface area contributed by atoms with Crippen molar-refractivity contribution in [3.63, 3.8) is 0 Å². The predicted octanol–water partition coefficient (Wildman–Crippen LogP) is 4.21. The number of hydrogen-bond donors (Lipinski definition) is 1. The van der Waals surface area contributed by atoms with E-state index in [9.17, 15) is 17.6 Å². The molecular weight excluding hydrogens is 391 g/mol. The number of sulfonamides is 1. The maximum absolute atomic E-state index is 13.0. The lowest BCUT2D eigenvalue weighted by Crippen LogP contribution is -2.26. The second kappa shape index (κ2) is 8.45. The number of benzene rings is 3. The van der Waals surface area contributed by atoms with Crippen molar-refractivity contribution >= 4 is 21.6 Å². The first-order valence-corrected chi connectivity index (χ1v) is 10.4. The van der Waals surface area contributed by atoms with E-state index in [4.69, 9.17) is 0 Å². The summed E-state index contributed by atoms with van der Waals surface area (Å²) in [4.78, 5) is 14.1. The Morgan fingerprint density at radius 3 is 2.10 bits per heavy atom. The molecule has 0 unspecified atom stereocenters. The fourth-order valence-corrected chi connectivity index (χ4v) is 3.83. The minimum atomic E-state index is -3.75. The normalized spacial score (nSPS) is 11.1. The van der Waals surface area contributed by atoms with E-state index in [0.29, 0.717) is 17.8 Å². The van der Waals surface area contributed by atoms with Gasteiger partial charge >= 0.3 is 0 Å². The van der Waals surface area contributed by atoms with E-state index < -0.39 is 10.0 Å². The molecule has 1 amide bonds. The molecule has 0 saturated carbocycles. The molecule has 3 aromatic rings. The van der Waals surface area contributed by atoms with Crippen molar-refractivity contribution in [1.82, 2.24) is 4.90 Å². The third-order valence-corrected chi connectivity index (χ3v) is 5.79. The van der Waals surface area contributed by atoms with E-state index in [2.05, 4.69) is 4.72 Å². The van der Waals surface area contributed by atoms with Crippen molar-refractivity contribution in [1.29, 1.82) is 0 Å². The van der Waals surface area contributed by atoms with Crippen LogP contribution in [-0.4, -0.2) is 26.3 Å². The fraction of sp³-hybridized carbons (Fsp3) is 0.136. The van der Waals surface area contributed by atoms with Crippen molar-refractivity contribution < 1.29 is 17.6 Å². The van der Waals surface area contributed by atoms with Crippen molar-refractivity contribution in [2.45, 2.75) is 18.4 Å². The second-order valence-corrected chi connectivity index (χ2v) is 8.47. The number of nitrogens with zero attached hydrogens (tertiary/aromatic N) is 1. The second-order valence-electron chi connectivity index (χ2n) is 6.78. The quantitative estimate of drug-likeness (QED) is 0.660. The van der Waals surface area contributed by atoms with Gasteiger partial charge in [-0.1, -0.05) is 29.8 Å². The van der Waals surface area contributed by atoms with E-state index in [0.717, 1.165) is 11.1 Å². The van der Waals surface area contributed by atoms with Gasteiger partial charge in [-0.15, -0.1) is 0 Å². The molecule has 0 fully saturated rings. The molecule has 0 aliphatic carbocycles. The van der Waals surface area contributed by atoms with Crippen LogP contribution in [0.3, 0.4) is 0 Å². The summed E-state index contributed by atoms with van der Waals surface area (Å²) in [5, 5.41) is 0. The Labute approximate surface area is 169 Å². The zero-order chi connectivity index (χ0) is 21.0. The Morgan fingerprint density at radius 2 is 1.52 bits per heavy atom. The standard InChI is InChI=1S/C22H21FN2O3S/c1-16-3-11-20(12-4-16)24-29(27,28)21-13-7-18(8-14-21)22(26)25(2)15-17-5-9-19(23)10-6-17/h3-14,24H,15H2,1-2H3. The highest BCUT2D eigenvalue weighted by Gasteiger charge is 2.17. The molecule has 150 valence electrons. The Kier molecular flexibility index (Phi) is 5.98. The number of halogens is 1. The van der Waals surface area contributed by atoms with Gasteiger partial charge in [-0.3, -0.25) is 9.52 Å². The van der Waals surface area contributed by atoms with E-state index in [1.165, 1.54) is 41.3 Å². The summed E-state index contributed by atoms with van der Waals surface area (Å²) in [6.45, 7) is 2.23. The van der Waals surface area contributed by atoms with Gasteiger partial charge in [0.15, 0.2) is 0 Å². The first-order chi connectivity index (χ1) is 13.7. The van der Waals surface area contributed by atoms with Crippen LogP contribution in [0.15, 0.2) is 77.7 Å². The molecule has 1 N–H and O–H groups in total. The molecule has 5 nitrogen and oxygen atoms in total. The number of carbonyl (C=O) groups excluding carboxylic acids is 1. The Hall–Kier alpha value is -3.19. The van der Waals surface area contributed by atoms with Crippen LogP contribution in [-0.2, 0) is 16.6 Å².